The summed E-state index contributed by atoms with van der Waals surface area (Å²) in [6, 6.07) is 3.40. The van der Waals surface area contributed by atoms with Gasteiger partial charge in [0.15, 0.2) is 0 Å². The maximum atomic E-state index is 12.0. The number of hydrogen-bond donors (Lipinski definition) is 2. The van der Waals surface area contributed by atoms with Gasteiger partial charge in [-0.15, -0.1) is 0 Å². The molecule has 2 heterocycles. The SMILES string of the molecule is CC(NC(=O)c1ccc(C(N)=S)cn1)C1CCOC1. The number of nitrogens with zero attached hydrogens (tertiary/aromatic N) is 1. The highest BCUT2D eigenvalue weighted by atomic mass is 32.1. The number of nitrogens with two attached hydrogens (primary N) is 1. The molecule has 1 fully saturated rings. The van der Waals surface area contributed by atoms with Crippen LogP contribution in [0.5, 0.6) is 0 Å². The van der Waals surface area contributed by atoms with Crippen molar-refractivity contribution in [3.8, 4) is 0 Å². The van der Waals surface area contributed by atoms with Gasteiger partial charge in [-0.25, -0.2) is 0 Å². The van der Waals surface area contributed by atoms with E-state index in [1.807, 2.05) is 6.92 Å². The summed E-state index contributed by atoms with van der Waals surface area (Å²) in [4.78, 5) is 16.4. The first-order valence-corrected chi connectivity index (χ1v) is 6.63. The summed E-state index contributed by atoms with van der Waals surface area (Å²) in [7, 11) is 0. The molecule has 2 rings (SSSR count). The lowest BCUT2D eigenvalue weighted by Crippen LogP contribution is -2.38. The van der Waals surface area contributed by atoms with Crippen LogP contribution in [0.2, 0.25) is 0 Å². The maximum absolute atomic E-state index is 12.0. The minimum Gasteiger partial charge on any atom is -0.389 e. The number of ether oxygens (including phenoxy) is 1. The summed E-state index contributed by atoms with van der Waals surface area (Å²) < 4.78 is 5.31. The van der Waals surface area contributed by atoms with E-state index in [0.29, 0.717) is 23.8 Å². The molecule has 1 amide bonds. The molecule has 0 aliphatic carbocycles. The Morgan fingerprint density at radius 1 is 1.63 bits per heavy atom. The summed E-state index contributed by atoms with van der Waals surface area (Å²) >= 11 is 4.84. The van der Waals surface area contributed by atoms with Gasteiger partial charge >= 0.3 is 0 Å². The van der Waals surface area contributed by atoms with Crippen molar-refractivity contribution in [2.45, 2.75) is 19.4 Å². The summed E-state index contributed by atoms with van der Waals surface area (Å²) in [6.45, 7) is 3.46. The Balaban J connectivity index is 1.97. The molecule has 2 atom stereocenters. The first kappa shape index (κ1) is 13.9. The molecule has 1 aromatic rings. The van der Waals surface area contributed by atoms with Gasteiger partial charge in [0, 0.05) is 30.3 Å². The molecule has 1 aliphatic rings. The van der Waals surface area contributed by atoms with Crippen molar-refractivity contribution in [1.82, 2.24) is 10.3 Å². The van der Waals surface area contributed by atoms with Gasteiger partial charge < -0.3 is 15.8 Å². The van der Waals surface area contributed by atoms with Crippen LogP contribution in [0.1, 0.15) is 29.4 Å². The van der Waals surface area contributed by atoms with Gasteiger partial charge in [-0.3, -0.25) is 9.78 Å². The average molecular weight is 279 g/mol. The zero-order valence-electron chi connectivity index (χ0n) is 10.8. The van der Waals surface area contributed by atoms with E-state index in [-0.39, 0.29) is 16.9 Å². The van der Waals surface area contributed by atoms with Crippen LogP contribution in [0.25, 0.3) is 0 Å². The average Bonchev–Trinajstić information content (AvgIpc) is 2.92. The first-order chi connectivity index (χ1) is 9.08. The van der Waals surface area contributed by atoms with Gasteiger partial charge in [-0.05, 0) is 25.5 Å². The Labute approximate surface area is 117 Å². The predicted molar refractivity (Wildman–Crippen MR) is 76.0 cm³/mol. The molecule has 1 saturated heterocycles. The fourth-order valence-corrected chi connectivity index (χ4v) is 2.14. The smallest absolute Gasteiger partial charge is 0.270 e. The van der Waals surface area contributed by atoms with E-state index in [2.05, 4.69) is 10.3 Å². The molecule has 2 unspecified atom stereocenters. The second-order valence-electron chi connectivity index (χ2n) is 4.68. The van der Waals surface area contributed by atoms with Crippen LogP contribution in [0.3, 0.4) is 0 Å². The predicted octanol–water partition coefficient (Wildman–Crippen LogP) is 0.871. The lowest BCUT2D eigenvalue weighted by atomic mass is 10.0. The Kier molecular flexibility index (Phi) is 4.44. The van der Waals surface area contributed by atoms with Crippen LogP contribution in [0, 0.1) is 5.92 Å². The zero-order valence-corrected chi connectivity index (χ0v) is 11.6. The third-order valence-corrected chi connectivity index (χ3v) is 3.55. The molecule has 0 saturated carbocycles. The number of carbonyl (C=O) groups excluding carboxylic acids is 1. The lowest BCUT2D eigenvalue weighted by molar-refractivity contribution is 0.0917. The van der Waals surface area contributed by atoms with Crippen molar-refractivity contribution >= 4 is 23.1 Å². The number of pyridine rings is 1. The van der Waals surface area contributed by atoms with Crippen molar-refractivity contribution < 1.29 is 9.53 Å². The third kappa shape index (κ3) is 3.48. The second kappa shape index (κ2) is 6.08. The zero-order chi connectivity index (χ0) is 13.8. The van der Waals surface area contributed by atoms with Crippen LogP contribution < -0.4 is 11.1 Å². The Hall–Kier alpha value is -1.53. The Morgan fingerprint density at radius 2 is 2.42 bits per heavy atom. The summed E-state index contributed by atoms with van der Waals surface area (Å²) in [5.74, 6) is 0.189. The number of nitrogens with one attached hydrogen (secondary N) is 1. The normalized spacial score (nSPS) is 19.9. The van der Waals surface area contributed by atoms with E-state index in [1.165, 1.54) is 6.20 Å². The van der Waals surface area contributed by atoms with Crippen molar-refractivity contribution in [1.29, 1.82) is 0 Å². The fourth-order valence-electron chi connectivity index (χ4n) is 2.02. The van der Waals surface area contributed by atoms with Crippen LogP contribution in [0.15, 0.2) is 18.3 Å². The van der Waals surface area contributed by atoms with E-state index < -0.39 is 0 Å². The fraction of sp³-hybridized carbons (Fsp3) is 0.462. The van der Waals surface area contributed by atoms with Crippen molar-refractivity contribution in [2.75, 3.05) is 13.2 Å². The molecule has 0 radical (unpaired) electrons. The van der Waals surface area contributed by atoms with Gasteiger partial charge in [0.2, 0.25) is 0 Å². The molecule has 1 aromatic heterocycles. The molecule has 5 nitrogen and oxygen atoms in total. The number of aromatic nitrogens is 1. The highest BCUT2D eigenvalue weighted by Gasteiger charge is 2.24. The van der Waals surface area contributed by atoms with Gasteiger partial charge in [-0.2, -0.15) is 0 Å². The standard InChI is InChI=1S/C13H17N3O2S/c1-8(10-4-5-18-7-10)16-13(17)11-3-2-9(6-15-11)12(14)19/h2-3,6,8,10H,4-5,7H2,1H3,(H2,14,19)(H,16,17). The molecular formula is C13H17N3O2S. The maximum Gasteiger partial charge on any atom is 0.270 e. The summed E-state index contributed by atoms with van der Waals surface area (Å²) in [5, 5.41) is 2.94. The van der Waals surface area contributed by atoms with Crippen molar-refractivity contribution in [3.05, 3.63) is 29.6 Å². The van der Waals surface area contributed by atoms with Gasteiger partial charge in [-0.1, -0.05) is 12.2 Å². The van der Waals surface area contributed by atoms with Gasteiger partial charge in [0.1, 0.15) is 10.7 Å². The topological polar surface area (TPSA) is 77.2 Å². The first-order valence-electron chi connectivity index (χ1n) is 6.22. The van der Waals surface area contributed by atoms with Gasteiger partial charge in [0.05, 0.1) is 6.61 Å². The summed E-state index contributed by atoms with van der Waals surface area (Å²) in [6.07, 6.45) is 2.50. The third-order valence-electron chi connectivity index (χ3n) is 3.31. The quantitative estimate of drug-likeness (QED) is 0.800. The van der Waals surface area contributed by atoms with E-state index in [0.717, 1.165) is 13.0 Å². The molecule has 19 heavy (non-hydrogen) atoms. The molecule has 0 aromatic carbocycles. The molecular weight excluding hydrogens is 262 g/mol. The van der Waals surface area contributed by atoms with Gasteiger partial charge in [0.25, 0.3) is 5.91 Å². The van der Waals surface area contributed by atoms with Crippen LogP contribution in [-0.2, 0) is 4.74 Å². The molecule has 3 N–H and O–H groups in total. The van der Waals surface area contributed by atoms with Crippen molar-refractivity contribution in [2.24, 2.45) is 11.7 Å². The highest BCUT2D eigenvalue weighted by molar-refractivity contribution is 7.80. The number of rotatable bonds is 4. The Bertz CT molecular complexity index is 469. The van der Waals surface area contributed by atoms with E-state index in [9.17, 15) is 4.79 Å². The van der Waals surface area contributed by atoms with Crippen LogP contribution in [0.4, 0.5) is 0 Å². The van der Waals surface area contributed by atoms with Crippen molar-refractivity contribution in [3.63, 3.8) is 0 Å². The lowest BCUT2D eigenvalue weighted by Gasteiger charge is -2.18. The van der Waals surface area contributed by atoms with E-state index in [4.69, 9.17) is 22.7 Å². The number of carbonyl (C=O) groups is 1. The minimum atomic E-state index is -0.186. The summed E-state index contributed by atoms with van der Waals surface area (Å²) in [5.41, 5.74) is 6.50. The van der Waals surface area contributed by atoms with Crippen LogP contribution in [-0.4, -0.2) is 35.1 Å². The van der Waals surface area contributed by atoms with Crippen LogP contribution >= 0.6 is 12.2 Å². The molecule has 0 bridgehead atoms. The highest BCUT2D eigenvalue weighted by Crippen LogP contribution is 2.16. The van der Waals surface area contributed by atoms with E-state index >= 15 is 0 Å². The second-order valence-corrected chi connectivity index (χ2v) is 5.12. The number of hydrogen-bond acceptors (Lipinski definition) is 4. The largest absolute Gasteiger partial charge is 0.389 e. The molecule has 102 valence electrons. The van der Waals surface area contributed by atoms with E-state index in [1.54, 1.807) is 12.1 Å². The number of amides is 1. The molecule has 0 spiro atoms. The number of thiocarbonyl (C=S) groups is 1. The minimum absolute atomic E-state index is 0.0760. The molecule has 1 aliphatic heterocycles. The monoisotopic (exact) mass is 279 g/mol. The Morgan fingerprint density at radius 3 is 2.95 bits per heavy atom. The molecule has 6 heteroatoms.